The molecule has 0 amide bonds. The average Bonchev–Trinajstić information content (AvgIpc) is 3.06. The van der Waals surface area contributed by atoms with Gasteiger partial charge in [0.05, 0.1) is 18.1 Å². The summed E-state index contributed by atoms with van der Waals surface area (Å²) in [5.41, 5.74) is 1.87. The molecule has 1 fully saturated rings. The van der Waals surface area contributed by atoms with Crippen molar-refractivity contribution in [3.8, 4) is 0 Å². The molecule has 1 aliphatic heterocycles. The number of aliphatic hydroxyl groups excluding tert-OH is 1. The Balaban J connectivity index is 1.54. The van der Waals surface area contributed by atoms with Gasteiger partial charge in [0.2, 0.25) is 10.0 Å². The maximum absolute atomic E-state index is 12.1. The monoisotopic (exact) mass is 381 g/mol. The molecule has 1 aliphatic rings. The molecule has 0 aliphatic carbocycles. The van der Waals surface area contributed by atoms with Gasteiger partial charge in [-0.15, -0.1) is 0 Å². The number of nitrogens with zero attached hydrogens (tertiary/aromatic N) is 3. The normalized spacial score (nSPS) is 17.3. The third-order valence-electron chi connectivity index (χ3n) is 5.14. The number of fused-ring (bicyclic) bond motifs is 1. The molecule has 2 heterocycles. The van der Waals surface area contributed by atoms with Gasteiger partial charge in [0.15, 0.2) is 5.58 Å². The van der Waals surface area contributed by atoms with Crippen molar-refractivity contribution in [1.82, 2.24) is 14.4 Å². The van der Waals surface area contributed by atoms with Crippen molar-refractivity contribution in [2.75, 3.05) is 45.1 Å². The minimum absolute atomic E-state index is 0.206. The SMILES string of the molecule is CCN(CCN1CCC(c2noc3ccccc23)CC1)S(=O)(=O)CCO. The smallest absolute Gasteiger partial charge is 0.216 e. The molecule has 1 aromatic heterocycles. The van der Waals surface area contributed by atoms with Gasteiger partial charge in [0.1, 0.15) is 0 Å². The zero-order valence-electron chi connectivity index (χ0n) is 15.2. The first-order chi connectivity index (χ1) is 12.5. The van der Waals surface area contributed by atoms with Crippen LogP contribution in [0, 0.1) is 0 Å². The van der Waals surface area contributed by atoms with E-state index in [2.05, 4.69) is 16.1 Å². The summed E-state index contributed by atoms with van der Waals surface area (Å²) in [6.45, 7) is 4.95. The molecule has 0 saturated carbocycles. The predicted molar refractivity (Wildman–Crippen MR) is 101 cm³/mol. The van der Waals surface area contributed by atoms with Crippen molar-refractivity contribution in [2.45, 2.75) is 25.7 Å². The fraction of sp³-hybridized carbons (Fsp3) is 0.611. The van der Waals surface area contributed by atoms with E-state index in [1.165, 1.54) is 4.31 Å². The Morgan fingerprint density at radius 1 is 1.31 bits per heavy atom. The van der Waals surface area contributed by atoms with Crippen LogP contribution in [0.15, 0.2) is 28.8 Å². The van der Waals surface area contributed by atoms with Gasteiger partial charge in [0, 0.05) is 30.9 Å². The Labute approximate surface area is 154 Å². The summed E-state index contributed by atoms with van der Waals surface area (Å²) in [6.07, 6.45) is 1.98. The molecule has 1 aromatic carbocycles. The second-order valence-electron chi connectivity index (χ2n) is 6.71. The molecular formula is C18H27N3O4S. The first-order valence-electron chi connectivity index (χ1n) is 9.20. The zero-order chi connectivity index (χ0) is 18.6. The van der Waals surface area contributed by atoms with Crippen molar-refractivity contribution in [2.24, 2.45) is 0 Å². The first-order valence-corrected chi connectivity index (χ1v) is 10.8. The number of piperidine rings is 1. The van der Waals surface area contributed by atoms with Crippen LogP contribution in [-0.2, 0) is 10.0 Å². The predicted octanol–water partition coefficient (Wildman–Crippen LogP) is 1.65. The van der Waals surface area contributed by atoms with Crippen LogP contribution in [0.2, 0.25) is 0 Å². The summed E-state index contributed by atoms with van der Waals surface area (Å²) in [5.74, 6) is 0.178. The molecule has 0 spiro atoms. The minimum Gasteiger partial charge on any atom is -0.395 e. The highest BCUT2D eigenvalue weighted by atomic mass is 32.2. The highest BCUT2D eigenvalue weighted by molar-refractivity contribution is 7.89. The summed E-state index contributed by atoms with van der Waals surface area (Å²) in [7, 11) is -3.36. The number of likely N-dealkylation sites (tertiary alicyclic amines) is 1. The molecule has 8 heteroatoms. The largest absolute Gasteiger partial charge is 0.395 e. The van der Waals surface area contributed by atoms with Crippen LogP contribution in [0.3, 0.4) is 0 Å². The molecule has 26 heavy (non-hydrogen) atoms. The summed E-state index contributed by atoms with van der Waals surface area (Å²) in [4.78, 5) is 2.30. The molecule has 144 valence electrons. The van der Waals surface area contributed by atoms with E-state index in [-0.39, 0.29) is 12.4 Å². The second-order valence-corrected chi connectivity index (χ2v) is 8.80. The van der Waals surface area contributed by atoms with Gasteiger partial charge in [0.25, 0.3) is 0 Å². The minimum atomic E-state index is -3.36. The van der Waals surface area contributed by atoms with E-state index >= 15 is 0 Å². The maximum atomic E-state index is 12.1. The number of aromatic nitrogens is 1. The molecule has 1 N–H and O–H groups in total. The Kier molecular flexibility index (Phi) is 6.29. The second kappa shape index (κ2) is 8.47. The van der Waals surface area contributed by atoms with Crippen molar-refractivity contribution < 1.29 is 18.0 Å². The van der Waals surface area contributed by atoms with E-state index in [4.69, 9.17) is 9.63 Å². The standard InChI is InChI=1S/C18H27N3O4S/c1-2-21(26(23,24)14-13-22)12-11-20-9-7-15(8-10-20)18-16-5-3-4-6-17(16)25-19-18/h3-6,15,22H,2,7-14H2,1H3. The third-order valence-corrected chi connectivity index (χ3v) is 7.07. The number of para-hydroxylation sites is 1. The third kappa shape index (κ3) is 4.25. The highest BCUT2D eigenvalue weighted by Gasteiger charge is 2.26. The molecular weight excluding hydrogens is 354 g/mol. The Morgan fingerprint density at radius 2 is 2.04 bits per heavy atom. The van der Waals surface area contributed by atoms with Gasteiger partial charge < -0.3 is 14.5 Å². The van der Waals surface area contributed by atoms with Crippen LogP contribution < -0.4 is 0 Å². The van der Waals surface area contributed by atoms with Gasteiger partial charge in [-0.1, -0.05) is 24.2 Å². The van der Waals surface area contributed by atoms with E-state index in [0.29, 0.717) is 25.6 Å². The van der Waals surface area contributed by atoms with E-state index < -0.39 is 10.0 Å². The average molecular weight is 381 g/mol. The van der Waals surface area contributed by atoms with Gasteiger partial charge in [-0.05, 0) is 38.1 Å². The van der Waals surface area contributed by atoms with Crippen LogP contribution >= 0.6 is 0 Å². The van der Waals surface area contributed by atoms with Gasteiger partial charge in [-0.2, -0.15) is 0 Å². The van der Waals surface area contributed by atoms with E-state index in [1.54, 1.807) is 0 Å². The number of hydrogen-bond donors (Lipinski definition) is 1. The van der Waals surface area contributed by atoms with Crippen molar-refractivity contribution >= 4 is 21.0 Å². The lowest BCUT2D eigenvalue weighted by molar-refractivity contribution is 0.197. The molecule has 2 aromatic rings. The van der Waals surface area contributed by atoms with Crippen molar-refractivity contribution in [1.29, 1.82) is 0 Å². The number of likely N-dealkylation sites (N-methyl/N-ethyl adjacent to an activating group) is 1. The highest BCUT2D eigenvalue weighted by Crippen LogP contribution is 2.32. The van der Waals surface area contributed by atoms with Crippen molar-refractivity contribution in [3.63, 3.8) is 0 Å². The lowest BCUT2D eigenvalue weighted by Crippen LogP contribution is -2.42. The number of sulfonamides is 1. The van der Waals surface area contributed by atoms with Crippen LogP contribution in [0.4, 0.5) is 0 Å². The van der Waals surface area contributed by atoms with Crippen LogP contribution in [-0.4, -0.2) is 73.0 Å². The van der Waals surface area contributed by atoms with E-state index in [9.17, 15) is 8.42 Å². The molecule has 0 bridgehead atoms. The Hall–Kier alpha value is -1.48. The van der Waals surface area contributed by atoms with E-state index in [1.807, 2.05) is 25.1 Å². The number of hydrogen-bond acceptors (Lipinski definition) is 6. The van der Waals surface area contributed by atoms with Crippen LogP contribution in [0.5, 0.6) is 0 Å². The quantitative estimate of drug-likeness (QED) is 0.748. The number of aliphatic hydroxyl groups is 1. The lowest BCUT2D eigenvalue weighted by Gasteiger charge is -2.32. The van der Waals surface area contributed by atoms with Gasteiger partial charge in [-0.25, -0.2) is 12.7 Å². The van der Waals surface area contributed by atoms with E-state index in [0.717, 1.165) is 42.6 Å². The summed E-state index contributed by atoms with van der Waals surface area (Å²) >= 11 is 0. The first kappa shape index (κ1) is 19.3. The lowest BCUT2D eigenvalue weighted by atomic mass is 9.91. The summed E-state index contributed by atoms with van der Waals surface area (Å²) in [5, 5.41) is 14.3. The topological polar surface area (TPSA) is 86.9 Å². The summed E-state index contributed by atoms with van der Waals surface area (Å²) < 4.78 is 31.1. The van der Waals surface area contributed by atoms with Gasteiger partial charge in [-0.3, -0.25) is 0 Å². The molecule has 0 radical (unpaired) electrons. The molecule has 7 nitrogen and oxygen atoms in total. The Morgan fingerprint density at radius 3 is 2.73 bits per heavy atom. The molecule has 3 rings (SSSR count). The Bertz CT molecular complexity index is 813. The van der Waals surface area contributed by atoms with Gasteiger partial charge >= 0.3 is 0 Å². The van der Waals surface area contributed by atoms with Crippen LogP contribution in [0.25, 0.3) is 11.0 Å². The number of rotatable bonds is 8. The molecule has 1 saturated heterocycles. The van der Waals surface area contributed by atoms with Crippen molar-refractivity contribution in [3.05, 3.63) is 30.0 Å². The molecule has 0 unspecified atom stereocenters. The number of benzene rings is 1. The zero-order valence-corrected chi connectivity index (χ0v) is 16.0. The maximum Gasteiger partial charge on any atom is 0.216 e. The molecule has 0 atom stereocenters. The fourth-order valence-electron chi connectivity index (χ4n) is 3.62. The summed E-state index contributed by atoms with van der Waals surface area (Å²) in [6, 6.07) is 7.94. The van der Waals surface area contributed by atoms with Crippen LogP contribution in [0.1, 0.15) is 31.4 Å². The fourth-order valence-corrected chi connectivity index (χ4v) is 4.86.